The van der Waals surface area contributed by atoms with Gasteiger partial charge in [-0.15, -0.1) is 0 Å². The zero-order chi connectivity index (χ0) is 11.6. The fraction of sp³-hybridized carbons (Fsp3) is 0.583. The van der Waals surface area contributed by atoms with E-state index in [9.17, 15) is 0 Å². The predicted octanol–water partition coefficient (Wildman–Crippen LogP) is 2.77. The number of nitriles is 1. The average Bonchev–Trinajstić information content (AvgIpc) is 2.15. The molecular formula is C12H17N3. The maximum absolute atomic E-state index is 8.89. The maximum Gasteiger partial charge on any atom is 0.144 e. The van der Waals surface area contributed by atoms with Crippen LogP contribution in [0.4, 0.5) is 0 Å². The van der Waals surface area contributed by atoms with Crippen molar-refractivity contribution in [2.75, 3.05) is 0 Å². The third-order valence-corrected chi connectivity index (χ3v) is 2.14. The van der Waals surface area contributed by atoms with Crippen LogP contribution in [0.3, 0.4) is 0 Å². The van der Waals surface area contributed by atoms with Gasteiger partial charge in [-0.05, 0) is 6.07 Å². The molecule has 1 rings (SSSR count). The van der Waals surface area contributed by atoms with E-state index < -0.39 is 0 Å². The SMILES string of the molecule is CC(C)c1nc(C#N)cc(C(C)(C)C)n1. The highest BCUT2D eigenvalue weighted by Crippen LogP contribution is 2.22. The van der Waals surface area contributed by atoms with Crippen molar-refractivity contribution in [1.29, 1.82) is 5.26 Å². The molecule has 0 fully saturated rings. The van der Waals surface area contributed by atoms with E-state index >= 15 is 0 Å². The van der Waals surface area contributed by atoms with Gasteiger partial charge in [-0.1, -0.05) is 34.6 Å². The van der Waals surface area contributed by atoms with Crippen molar-refractivity contribution < 1.29 is 0 Å². The molecule has 0 unspecified atom stereocenters. The second kappa shape index (κ2) is 3.98. The molecule has 0 aliphatic heterocycles. The summed E-state index contributed by atoms with van der Waals surface area (Å²) in [7, 11) is 0. The first-order valence-electron chi connectivity index (χ1n) is 5.14. The Labute approximate surface area is 91.2 Å². The predicted molar refractivity (Wildman–Crippen MR) is 59.5 cm³/mol. The molecule has 0 atom stereocenters. The molecule has 15 heavy (non-hydrogen) atoms. The lowest BCUT2D eigenvalue weighted by Crippen LogP contribution is -2.16. The highest BCUT2D eigenvalue weighted by Gasteiger charge is 2.18. The van der Waals surface area contributed by atoms with Crippen molar-refractivity contribution in [3.8, 4) is 6.07 Å². The lowest BCUT2D eigenvalue weighted by Gasteiger charge is -2.19. The first-order valence-corrected chi connectivity index (χ1v) is 5.14. The van der Waals surface area contributed by atoms with Gasteiger partial charge in [0.15, 0.2) is 0 Å². The maximum atomic E-state index is 8.89. The Morgan fingerprint density at radius 3 is 2.27 bits per heavy atom. The van der Waals surface area contributed by atoms with Crippen LogP contribution in [-0.4, -0.2) is 9.97 Å². The van der Waals surface area contributed by atoms with Crippen molar-refractivity contribution >= 4 is 0 Å². The summed E-state index contributed by atoms with van der Waals surface area (Å²) in [4.78, 5) is 8.68. The van der Waals surface area contributed by atoms with Crippen molar-refractivity contribution in [3.63, 3.8) is 0 Å². The molecular weight excluding hydrogens is 186 g/mol. The highest BCUT2D eigenvalue weighted by molar-refractivity contribution is 5.27. The Bertz CT molecular complexity index is 394. The Hall–Kier alpha value is -1.43. The molecule has 1 aromatic rings. The Morgan fingerprint density at radius 1 is 1.27 bits per heavy atom. The first kappa shape index (κ1) is 11.6. The van der Waals surface area contributed by atoms with E-state index in [1.807, 2.05) is 13.8 Å². The highest BCUT2D eigenvalue weighted by atomic mass is 14.9. The summed E-state index contributed by atoms with van der Waals surface area (Å²) in [5.41, 5.74) is 1.34. The molecule has 0 saturated carbocycles. The van der Waals surface area contributed by atoms with E-state index in [2.05, 4.69) is 36.8 Å². The molecule has 0 radical (unpaired) electrons. The van der Waals surface area contributed by atoms with Crippen LogP contribution in [0.25, 0.3) is 0 Å². The van der Waals surface area contributed by atoms with Crippen molar-refractivity contribution in [1.82, 2.24) is 9.97 Å². The van der Waals surface area contributed by atoms with E-state index in [0.717, 1.165) is 11.5 Å². The molecule has 0 saturated heterocycles. The van der Waals surface area contributed by atoms with Gasteiger partial charge in [0.1, 0.15) is 17.6 Å². The smallest absolute Gasteiger partial charge is 0.144 e. The monoisotopic (exact) mass is 203 g/mol. The first-order chi connectivity index (χ1) is 6.84. The molecule has 3 nitrogen and oxygen atoms in total. The van der Waals surface area contributed by atoms with Crippen LogP contribution in [0.15, 0.2) is 6.07 Å². The lowest BCUT2D eigenvalue weighted by atomic mass is 9.91. The van der Waals surface area contributed by atoms with Crippen molar-refractivity contribution in [3.05, 3.63) is 23.3 Å². The summed E-state index contributed by atoms with van der Waals surface area (Å²) in [5.74, 6) is 0.998. The van der Waals surface area contributed by atoms with Crippen molar-refractivity contribution in [2.45, 2.75) is 46.0 Å². The summed E-state index contributed by atoms with van der Waals surface area (Å²) < 4.78 is 0. The standard InChI is InChI=1S/C12H17N3/c1-8(2)11-14-9(7-13)6-10(15-11)12(3,4)5/h6,8H,1-5H3. The zero-order valence-corrected chi connectivity index (χ0v) is 10.00. The Kier molecular flexibility index (Phi) is 3.09. The number of hydrogen-bond acceptors (Lipinski definition) is 3. The third-order valence-electron chi connectivity index (χ3n) is 2.14. The number of aromatic nitrogens is 2. The van der Waals surface area contributed by atoms with Crippen LogP contribution < -0.4 is 0 Å². The Morgan fingerprint density at radius 2 is 1.87 bits per heavy atom. The fourth-order valence-corrected chi connectivity index (χ4v) is 1.17. The minimum Gasteiger partial charge on any atom is -0.237 e. The van der Waals surface area contributed by atoms with Crippen LogP contribution >= 0.6 is 0 Å². The van der Waals surface area contributed by atoms with Crippen LogP contribution in [0.5, 0.6) is 0 Å². The van der Waals surface area contributed by atoms with Gasteiger partial charge in [0.2, 0.25) is 0 Å². The molecule has 0 N–H and O–H groups in total. The molecule has 0 spiro atoms. The van der Waals surface area contributed by atoms with Gasteiger partial charge < -0.3 is 0 Å². The molecule has 0 aromatic carbocycles. The number of rotatable bonds is 1. The molecule has 80 valence electrons. The Balaban J connectivity index is 3.32. The average molecular weight is 203 g/mol. The second-order valence-corrected chi connectivity index (χ2v) is 5.01. The van der Waals surface area contributed by atoms with E-state index in [0.29, 0.717) is 5.69 Å². The minimum absolute atomic E-state index is 0.0435. The topological polar surface area (TPSA) is 49.6 Å². The zero-order valence-electron chi connectivity index (χ0n) is 10.00. The van der Waals surface area contributed by atoms with E-state index in [-0.39, 0.29) is 11.3 Å². The third kappa shape index (κ3) is 2.76. The molecule has 0 aliphatic rings. The molecule has 3 heteroatoms. The summed E-state index contributed by atoms with van der Waals surface area (Å²) >= 11 is 0. The van der Waals surface area contributed by atoms with Crippen molar-refractivity contribution in [2.24, 2.45) is 0 Å². The van der Waals surface area contributed by atoms with E-state index in [1.54, 1.807) is 6.07 Å². The molecule has 1 aromatic heterocycles. The van der Waals surface area contributed by atoms with Crippen LogP contribution in [0.2, 0.25) is 0 Å². The summed E-state index contributed by atoms with van der Waals surface area (Å²) in [6.07, 6.45) is 0. The van der Waals surface area contributed by atoms with Gasteiger partial charge in [0, 0.05) is 11.3 Å². The molecule has 0 aliphatic carbocycles. The summed E-state index contributed by atoms with van der Waals surface area (Å²) in [6, 6.07) is 3.85. The normalized spacial score (nSPS) is 11.5. The molecule has 0 bridgehead atoms. The molecule has 1 heterocycles. The van der Waals surface area contributed by atoms with Crippen LogP contribution in [-0.2, 0) is 5.41 Å². The fourth-order valence-electron chi connectivity index (χ4n) is 1.17. The summed E-state index contributed by atoms with van der Waals surface area (Å²) in [6.45, 7) is 10.3. The largest absolute Gasteiger partial charge is 0.237 e. The van der Waals surface area contributed by atoms with Gasteiger partial charge in [-0.3, -0.25) is 0 Å². The quantitative estimate of drug-likeness (QED) is 0.705. The number of hydrogen-bond donors (Lipinski definition) is 0. The minimum atomic E-state index is -0.0435. The van der Waals surface area contributed by atoms with Crippen LogP contribution in [0, 0.1) is 11.3 Å². The second-order valence-electron chi connectivity index (χ2n) is 5.01. The van der Waals surface area contributed by atoms with Gasteiger partial charge in [-0.25, -0.2) is 9.97 Å². The van der Waals surface area contributed by atoms with E-state index in [4.69, 9.17) is 5.26 Å². The summed E-state index contributed by atoms with van der Waals surface area (Å²) in [5, 5.41) is 8.89. The van der Waals surface area contributed by atoms with Crippen LogP contribution in [0.1, 0.15) is 57.7 Å². The lowest BCUT2D eigenvalue weighted by molar-refractivity contribution is 0.557. The number of nitrogens with zero attached hydrogens (tertiary/aromatic N) is 3. The van der Waals surface area contributed by atoms with Gasteiger partial charge in [0.25, 0.3) is 0 Å². The molecule has 0 amide bonds. The van der Waals surface area contributed by atoms with Gasteiger partial charge in [0.05, 0.1) is 5.69 Å². The van der Waals surface area contributed by atoms with E-state index in [1.165, 1.54) is 0 Å². The van der Waals surface area contributed by atoms with Gasteiger partial charge in [-0.2, -0.15) is 5.26 Å². The van der Waals surface area contributed by atoms with Gasteiger partial charge >= 0.3 is 0 Å².